The zero-order valence-corrected chi connectivity index (χ0v) is 65.7. The first kappa shape index (κ1) is 85.1. The Morgan fingerprint density at radius 2 is 0.543 bits per heavy atom. The lowest BCUT2D eigenvalue weighted by Gasteiger charge is -2.16. The van der Waals surface area contributed by atoms with Crippen LogP contribution in [0.5, 0.6) is 0 Å². The van der Waals surface area contributed by atoms with Gasteiger partial charge >= 0.3 is 37.6 Å². The van der Waals surface area contributed by atoms with Gasteiger partial charge in [0, 0.05) is 86.2 Å². The summed E-state index contributed by atoms with van der Waals surface area (Å²) in [6.07, 6.45) is 0. The van der Waals surface area contributed by atoms with Gasteiger partial charge in [-0.15, -0.1) is 0 Å². The third-order valence-corrected chi connectivity index (χ3v) is 29.3. The summed E-state index contributed by atoms with van der Waals surface area (Å²) in [6.45, 7) is 40.6. The van der Waals surface area contributed by atoms with Gasteiger partial charge < -0.3 is 44.3 Å². The second kappa shape index (κ2) is 63.7. The summed E-state index contributed by atoms with van der Waals surface area (Å²) in [7, 11) is -0.412. The molecule has 0 amide bonds. The van der Waals surface area contributed by atoms with E-state index in [-0.39, 0.29) is 17.6 Å². The minimum Gasteiger partial charge on any atom is -0.400 e. The van der Waals surface area contributed by atoms with E-state index in [0.717, 1.165) is 13.2 Å². The summed E-state index contributed by atoms with van der Waals surface area (Å²) in [6, 6.07) is 61.6. The molecule has 81 heavy (non-hydrogen) atoms. The maximum absolute atomic E-state index is 5.22. The van der Waals surface area contributed by atoms with Crippen LogP contribution in [0.3, 0.4) is 0 Å². The van der Waals surface area contributed by atoms with E-state index in [2.05, 4.69) is 219 Å². The average molecular weight is 1280 g/mol. The molecule has 0 unspecified atom stereocenters. The van der Waals surface area contributed by atoms with Gasteiger partial charge in [-0.25, -0.2) is 0 Å². The summed E-state index contributed by atoms with van der Waals surface area (Å²) in [5.74, 6) is 0. The zero-order chi connectivity index (χ0) is 61.9. The molecule has 5 aromatic carbocycles. The Bertz CT molecular complexity index is 1790. The first-order valence-corrected chi connectivity index (χ1v) is 49.8. The summed E-state index contributed by atoms with van der Waals surface area (Å²) < 4.78 is 49.9. The molecule has 5 rings (SSSR count). The molecule has 5 aromatic rings. The first-order valence-electron chi connectivity index (χ1n) is 30.0. The highest BCUT2D eigenvalue weighted by atomic mass is 28.3. The van der Waals surface area contributed by atoms with Crippen molar-refractivity contribution in [2.75, 3.05) is 68.6 Å². The second-order valence-electron chi connectivity index (χ2n) is 19.1. The van der Waals surface area contributed by atoms with Crippen molar-refractivity contribution >= 4 is 108 Å². The van der Waals surface area contributed by atoms with Gasteiger partial charge in [0.2, 0.25) is 0 Å². The maximum Gasteiger partial charge on any atom is 0.484 e. The molecule has 10 nitrogen and oxygen atoms in total. The monoisotopic (exact) mass is 1280 g/mol. The summed E-state index contributed by atoms with van der Waals surface area (Å²) in [5, 5.41) is 7.59. The van der Waals surface area contributed by atoms with Crippen LogP contribution in [0.25, 0.3) is 0 Å². The molecular weight excluding hydrogens is 1160 g/mol. The van der Waals surface area contributed by atoms with Crippen LogP contribution in [0.15, 0.2) is 152 Å². The number of rotatable bonds is 25. The molecule has 0 bridgehead atoms. The third-order valence-electron chi connectivity index (χ3n) is 11.8. The van der Waals surface area contributed by atoms with E-state index in [1.54, 1.807) is 45.9 Å². The topological polar surface area (TPSA) is 92.3 Å². The third kappa shape index (κ3) is 51.8. The minimum absolute atomic E-state index is 0.139. The van der Waals surface area contributed by atoms with Crippen molar-refractivity contribution in [3.8, 4) is 0 Å². The number of hydrogen-bond donors (Lipinski definition) is 0. The molecule has 0 aliphatic heterocycles. The highest BCUT2D eigenvalue weighted by Gasteiger charge is 2.18. The van der Waals surface area contributed by atoms with Crippen molar-refractivity contribution < 1.29 is 44.3 Å². The van der Waals surface area contributed by atoms with Crippen LogP contribution in [-0.4, -0.2) is 150 Å². The smallest absolute Gasteiger partial charge is 0.400 e. The molecule has 0 aliphatic rings. The molecule has 19 heteroatoms. The van der Waals surface area contributed by atoms with Crippen molar-refractivity contribution in [1.82, 2.24) is 0 Å². The molecule has 0 saturated carbocycles. The minimum atomic E-state index is -1.73. The Morgan fingerprint density at radius 3 is 0.704 bits per heavy atom. The SMILES string of the molecule is CCO[SiH](C)OCC.CCO[SiH](OCC)OCC.CC[SiH](CC)CC.CC[SiH](CC)c1ccccc1.CO[SiH](C)OC.CO[SiH](OC)OC.C[SiH](C)C.C[SiH](C)c1ccccc1.c1ccc([SiH](c2ccccc2)c2ccccc2)cc1. The fraction of sp³-hybridized carbons (Fsp3) is 0.516. The largest absolute Gasteiger partial charge is 0.484 e. The van der Waals surface area contributed by atoms with E-state index < -0.39 is 64.0 Å². The van der Waals surface area contributed by atoms with Crippen LogP contribution in [0, 0.1) is 0 Å². The van der Waals surface area contributed by atoms with E-state index in [4.69, 9.17) is 44.3 Å². The lowest BCUT2D eigenvalue weighted by atomic mass is 10.3. The van der Waals surface area contributed by atoms with Gasteiger partial charge in [0.15, 0.2) is 0 Å². The van der Waals surface area contributed by atoms with Crippen molar-refractivity contribution in [2.24, 2.45) is 0 Å². The fourth-order valence-corrected chi connectivity index (χ4v) is 18.1. The summed E-state index contributed by atoms with van der Waals surface area (Å²) in [5.41, 5.74) is 0. The van der Waals surface area contributed by atoms with Crippen LogP contribution in [0.2, 0.25) is 76.0 Å². The molecule has 0 spiro atoms. The van der Waals surface area contributed by atoms with Gasteiger partial charge in [0.1, 0.15) is 8.80 Å². The van der Waals surface area contributed by atoms with Gasteiger partial charge in [-0.3, -0.25) is 0 Å². The normalized spacial score (nSPS) is 10.4. The van der Waals surface area contributed by atoms with Crippen LogP contribution in [0.1, 0.15) is 69.2 Å². The van der Waals surface area contributed by atoms with Crippen LogP contribution >= 0.6 is 0 Å². The summed E-state index contributed by atoms with van der Waals surface area (Å²) in [4.78, 5) is 0. The van der Waals surface area contributed by atoms with Gasteiger partial charge in [0.25, 0.3) is 0 Å². The first-order chi connectivity index (χ1) is 39.0. The summed E-state index contributed by atoms with van der Waals surface area (Å²) >= 11 is 0. The van der Waals surface area contributed by atoms with Gasteiger partial charge in [0.05, 0.1) is 17.6 Å². The van der Waals surface area contributed by atoms with Crippen LogP contribution in [0.4, 0.5) is 0 Å². The van der Waals surface area contributed by atoms with E-state index >= 15 is 0 Å². The molecule has 0 radical (unpaired) electrons. The molecule has 464 valence electrons. The van der Waals surface area contributed by atoms with E-state index in [1.807, 2.05) is 47.7 Å². The second-order valence-corrected chi connectivity index (χ2v) is 43.8. The number of benzene rings is 5. The van der Waals surface area contributed by atoms with Crippen LogP contribution < -0.4 is 25.9 Å². The molecule has 0 atom stereocenters. The van der Waals surface area contributed by atoms with Crippen molar-refractivity contribution in [3.63, 3.8) is 0 Å². The Morgan fingerprint density at radius 1 is 0.284 bits per heavy atom. The number of hydrogen-bond acceptors (Lipinski definition) is 10. The Kier molecular flexibility index (Phi) is 66.9. The standard InChI is InChI=1S/C18H16Si.C10H16Si.C8H12Si.C6H16O3Si.C6H16Si.C5H14O2Si.C3H10O3Si.C3H10O2Si.C3H10Si/c1-4-10-16(11-5-1)19(17-12-6-2-7-13-17)18-14-8-3-9-15-18;1-3-11(4-2)10-8-6-5-7-9-10;1-9(2)8-6-4-3-5-7-8;1-4-7-10(8-5-2)9-6-3;1-4-7(5-2)6-3;1-4-6-8(3)7-5-2;1-4-7(5-2)6-3;1-4-6(3)5-2;1-4(2)3/h1-15,19H;5-9,11H,3-4H2,1-2H3;3-7,9H,1-2H3;10H,4-6H2,1-3H3;7H,4-6H2,1-3H3;8H,4-5H2,1-3H3;7H,1-3H3;6H,1-3H3;4H,1-3H3. The van der Waals surface area contributed by atoms with Crippen LogP contribution in [-0.2, 0) is 44.3 Å². The van der Waals surface area contributed by atoms with Gasteiger partial charge in [-0.05, 0) is 47.7 Å². The predicted molar refractivity (Wildman–Crippen MR) is 381 cm³/mol. The van der Waals surface area contributed by atoms with Crippen molar-refractivity contribution in [3.05, 3.63) is 152 Å². The quantitative estimate of drug-likeness (QED) is 0.0416. The average Bonchev–Trinajstić information content (AvgIpc) is 3.50. The Hall–Kier alpha value is -2.35. The molecular formula is C62H120O10Si9. The molecule has 0 saturated heterocycles. The van der Waals surface area contributed by atoms with Gasteiger partial charge in [-0.2, -0.15) is 0 Å². The fourth-order valence-electron chi connectivity index (χ4n) is 7.16. The molecule has 0 aromatic heterocycles. The highest BCUT2D eigenvalue weighted by molar-refractivity contribution is 6.95. The molecule has 0 fully saturated rings. The van der Waals surface area contributed by atoms with E-state index in [0.29, 0.717) is 19.8 Å². The predicted octanol–water partition coefficient (Wildman–Crippen LogP) is 10.3. The zero-order valence-electron chi connectivity index (χ0n) is 55.3. The lowest BCUT2D eigenvalue weighted by Crippen LogP contribution is -2.51. The van der Waals surface area contributed by atoms with E-state index in [1.165, 1.54) is 45.8 Å². The van der Waals surface area contributed by atoms with Crippen molar-refractivity contribution in [1.29, 1.82) is 0 Å². The molecule has 0 aliphatic carbocycles. The van der Waals surface area contributed by atoms with E-state index in [9.17, 15) is 0 Å². The van der Waals surface area contributed by atoms with Gasteiger partial charge in [-0.1, -0.05) is 275 Å². The van der Waals surface area contributed by atoms with Crippen molar-refractivity contribution in [2.45, 2.75) is 145 Å². The lowest BCUT2D eigenvalue weighted by molar-refractivity contribution is 0.107. The Balaban J connectivity index is -0.000000428. The maximum atomic E-state index is 5.22. The molecule has 0 heterocycles. The highest BCUT2D eigenvalue weighted by Crippen LogP contribution is 2.02. The molecule has 0 N–H and O–H groups in total. The Labute approximate surface area is 514 Å².